The van der Waals surface area contributed by atoms with E-state index in [1.807, 2.05) is 11.4 Å². The third-order valence-electron chi connectivity index (χ3n) is 2.46. The average Bonchev–Trinajstić information content (AvgIpc) is 2.73. The molecular weight excluding hydrogens is 473 g/mol. The Kier molecular flexibility index (Phi) is 4.80. The molecule has 7 heteroatoms. The normalized spacial score (nSPS) is 13.6. The summed E-state index contributed by atoms with van der Waals surface area (Å²) in [6.07, 6.45) is -4.37. The first-order valence-electron chi connectivity index (χ1n) is 5.04. The van der Waals surface area contributed by atoms with Crippen molar-refractivity contribution in [1.82, 2.24) is 0 Å². The molecule has 0 spiro atoms. The molecule has 0 aliphatic heterocycles. The largest absolute Gasteiger partial charge is 0.417 e. The van der Waals surface area contributed by atoms with Crippen molar-refractivity contribution in [3.63, 3.8) is 0 Å². The summed E-state index contributed by atoms with van der Waals surface area (Å²) >= 11 is 11.3. The van der Waals surface area contributed by atoms with Crippen molar-refractivity contribution in [3.05, 3.63) is 54.6 Å². The summed E-state index contributed by atoms with van der Waals surface area (Å²) in [6, 6.07) is 6.13. The summed E-state index contributed by atoms with van der Waals surface area (Å²) in [7, 11) is 0. The number of halogens is 6. The highest BCUT2D eigenvalue weighted by atomic mass is 79.9. The lowest BCUT2D eigenvalue weighted by Gasteiger charge is -2.14. The predicted octanol–water partition coefficient (Wildman–Crippen LogP) is 6.78. The Hall–Kier alpha value is 0.150. The molecule has 0 nitrogen and oxygen atoms in total. The Bertz CT molecular complexity index is 592. The van der Waals surface area contributed by atoms with Crippen LogP contribution in [-0.2, 0) is 6.18 Å². The van der Waals surface area contributed by atoms with Crippen LogP contribution in [-0.4, -0.2) is 0 Å². The third-order valence-corrected chi connectivity index (χ3v) is 6.38. The maximum Gasteiger partial charge on any atom is 0.417 e. The Balaban J connectivity index is 2.44. The molecule has 2 rings (SSSR count). The monoisotopic (exact) mass is 476 g/mol. The lowest BCUT2D eigenvalue weighted by atomic mass is 10.1. The Labute approximate surface area is 137 Å². The average molecular weight is 479 g/mol. The van der Waals surface area contributed by atoms with Crippen molar-refractivity contribution in [1.29, 1.82) is 0 Å². The first-order chi connectivity index (χ1) is 8.80. The van der Waals surface area contributed by atoms with Gasteiger partial charge in [0, 0.05) is 13.8 Å². The van der Waals surface area contributed by atoms with Crippen molar-refractivity contribution in [3.8, 4) is 0 Å². The molecule has 1 heterocycles. The van der Waals surface area contributed by atoms with Crippen LogP contribution in [0, 0.1) is 0 Å². The van der Waals surface area contributed by atoms with Crippen LogP contribution in [0.1, 0.15) is 20.8 Å². The van der Waals surface area contributed by atoms with Gasteiger partial charge in [0.2, 0.25) is 0 Å². The van der Waals surface area contributed by atoms with Crippen LogP contribution in [0.5, 0.6) is 0 Å². The van der Waals surface area contributed by atoms with Crippen molar-refractivity contribution < 1.29 is 13.2 Å². The van der Waals surface area contributed by atoms with Gasteiger partial charge in [0.05, 0.1) is 10.4 Å². The van der Waals surface area contributed by atoms with E-state index in [9.17, 15) is 13.2 Å². The third kappa shape index (κ3) is 3.43. The smallest absolute Gasteiger partial charge is 0.166 e. The molecule has 0 bridgehead atoms. The van der Waals surface area contributed by atoms with Gasteiger partial charge in [-0.25, -0.2) is 0 Å². The number of rotatable bonds is 2. The minimum atomic E-state index is -4.37. The Morgan fingerprint density at radius 3 is 2.26 bits per heavy atom. The van der Waals surface area contributed by atoms with E-state index < -0.39 is 11.7 Å². The second kappa shape index (κ2) is 5.87. The van der Waals surface area contributed by atoms with Crippen molar-refractivity contribution in [2.75, 3.05) is 0 Å². The Morgan fingerprint density at radius 2 is 1.74 bits per heavy atom. The van der Waals surface area contributed by atoms with Crippen molar-refractivity contribution >= 4 is 59.1 Å². The first-order valence-corrected chi connectivity index (χ1v) is 8.42. The first kappa shape index (κ1) is 15.5. The maximum absolute atomic E-state index is 12.9. The molecule has 0 aliphatic rings. The topological polar surface area (TPSA) is 0 Å². The second-order valence-corrected chi connectivity index (χ2v) is 7.30. The summed E-state index contributed by atoms with van der Waals surface area (Å²) in [4.78, 5) is 0.673. The van der Waals surface area contributed by atoms with Gasteiger partial charge in [-0.15, -0.1) is 11.3 Å². The van der Waals surface area contributed by atoms with Crippen LogP contribution in [0.2, 0.25) is 0 Å². The molecule has 0 radical (unpaired) electrons. The molecule has 0 saturated carbocycles. The van der Waals surface area contributed by atoms with E-state index >= 15 is 0 Å². The van der Waals surface area contributed by atoms with Gasteiger partial charge in [0.15, 0.2) is 0 Å². The summed E-state index contributed by atoms with van der Waals surface area (Å²) in [5.41, 5.74) is -0.0965. The Morgan fingerprint density at radius 1 is 1.05 bits per heavy atom. The van der Waals surface area contributed by atoms with Crippen LogP contribution < -0.4 is 0 Å². The summed E-state index contributed by atoms with van der Waals surface area (Å²) < 4.78 is 39.5. The summed E-state index contributed by atoms with van der Waals surface area (Å²) in [6.45, 7) is 0. The summed E-state index contributed by atoms with van der Waals surface area (Å²) in [5.74, 6) is 0. The van der Waals surface area contributed by atoms with E-state index in [1.165, 1.54) is 17.4 Å². The lowest BCUT2D eigenvalue weighted by molar-refractivity contribution is -0.138. The number of hydrogen-bond donors (Lipinski definition) is 0. The molecule has 2 aromatic rings. The van der Waals surface area contributed by atoms with Gasteiger partial charge in [-0.3, -0.25) is 0 Å². The fourth-order valence-corrected chi connectivity index (χ4v) is 4.79. The molecule has 1 aromatic carbocycles. The highest BCUT2D eigenvalue weighted by molar-refractivity contribution is 9.11. The van der Waals surface area contributed by atoms with Crippen molar-refractivity contribution in [2.24, 2.45) is 0 Å². The predicted molar refractivity (Wildman–Crippen MR) is 81.9 cm³/mol. The minimum absolute atomic E-state index is 0.0497. The van der Waals surface area contributed by atoms with Gasteiger partial charge in [0.1, 0.15) is 0 Å². The molecule has 0 N–H and O–H groups in total. The molecule has 102 valence electrons. The highest BCUT2D eigenvalue weighted by Gasteiger charge is 2.33. The molecule has 0 amide bonds. The number of benzene rings is 1. The van der Waals surface area contributed by atoms with Gasteiger partial charge >= 0.3 is 6.18 Å². The molecule has 1 atom stereocenters. The van der Waals surface area contributed by atoms with Crippen LogP contribution in [0.15, 0.2) is 38.6 Å². The number of thiophene rings is 1. The van der Waals surface area contributed by atoms with E-state index in [2.05, 4.69) is 47.8 Å². The quantitative estimate of drug-likeness (QED) is 0.417. The zero-order valence-electron chi connectivity index (χ0n) is 9.14. The second-order valence-electron chi connectivity index (χ2n) is 3.73. The molecular formula is C12H6Br3F3S. The van der Waals surface area contributed by atoms with E-state index in [-0.39, 0.29) is 9.30 Å². The SMILES string of the molecule is FC(F)(F)c1cc(C(Br)c2sccc2Br)ccc1Br. The van der Waals surface area contributed by atoms with E-state index in [4.69, 9.17) is 0 Å². The lowest BCUT2D eigenvalue weighted by Crippen LogP contribution is -2.07. The fraction of sp³-hybridized carbons (Fsp3) is 0.167. The standard InChI is InChI=1S/C12H6Br3F3S/c13-8-2-1-6(5-7(8)12(16,17)18)10(15)11-9(14)3-4-19-11/h1-5,10H. The van der Waals surface area contributed by atoms with Crippen molar-refractivity contribution in [2.45, 2.75) is 11.0 Å². The number of alkyl halides is 4. The van der Waals surface area contributed by atoms with E-state index in [1.54, 1.807) is 6.07 Å². The van der Waals surface area contributed by atoms with Crippen LogP contribution in [0.4, 0.5) is 13.2 Å². The molecule has 1 aromatic heterocycles. The van der Waals surface area contributed by atoms with Crippen LogP contribution in [0.25, 0.3) is 0 Å². The van der Waals surface area contributed by atoms with Gasteiger partial charge in [0.25, 0.3) is 0 Å². The molecule has 0 aliphatic carbocycles. The molecule has 19 heavy (non-hydrogen) atoms. The van der Waals surface area contributed by atoms with Gasteiger partial charge in [-0.1, -0.05) is 37.9 Å². The fourth-order valence-electron chi connectivity index (χ4n) is 1.56. The van der Waals surface area contributed by atoms with Gasteiger partial charge in [-0.2, -0.15) is 13.2 Å². The van der Waals surface area contributed by atoms with E-state index in [0.29, 0.717) is 5.56 Å². The van der Waals surface area contributed by atoms with Crippen LogP contribution >= 0.6 is 59.1 Å². The molecule has 0 saturated heterocycles. The minimum Gasteiger partial charge on any atom is -0.166 e. The van der Waals surface area contributed by atoms with E-state index in [0.717, 1.165) is 15.4 Å². The zero-order chi connectivity index (χ0) is 14.2. The van der Waals surface area contributed by atoms with Gasteiger partial charge < -0.3 is 0 Å². The van der Waals surface area contributed by atoms with Crippen LogP contribution in [0.3, 0.4) is 0 Å². The zero-order valence-corrected chi connectivity index (χ0v) is 14.7. The maximum atomic E-state index is 12.9. The molecule has 1 unspecified atom stereocenters. The number of hydrogen-bond acceptors (Lipinski definition) is 1. The van der Waals surface area contributed by atoms with Gasteiger partial charge in [-0.05, 0) is 45.1 Å². The summed E-state index contributed by atoms with van der Waals surface area (Å²) in [5, 5.41) is 1.89. The highest BCUT2D eigenvalue weighted by Crippen LogP contribution is 2.42. The molecule has 0 fully saturated rings.